The highest BCUT2D eigenvalue weighted by Crippen LogP contribution is 2.35. The number of hydrogen-bond donors (Lipinski definition) is 1. The van der Waals surface area contributed by atoms with Gasteiger partial charge in [0, 0.05) is 12.7 Å². The molecule has 5 nitrogen and oxygen atoms in total. The second-order valence-electron chi connectivity index (χ2n) is 4.09. The molecule has 0 saturated carbocycles. The van der Waals surface area contributed by atoms with E-state index in [2.05, 4.69) is 5.10 Å². The topological polar surface area (TPSA) is 56.5 Å². The molecule has 94 valence electrons. The first-order chi connectivity index (χ1) is 8.79. The Morgan fingerprint density at radius 3 is 3.00 bits per heavy atom. The van der Waals surface area contributed by atoms with Gasteiger partial charge in [0.15, 0.2) is 11.5 Å². The number of aryl methyl sites for hydroxylation is 1. The summed E-state index contributed by atoms with van der Waals surface area (Å²) >= 11 is 0. The lowest BCUT2D eigenvalue weighted by atomic mass is 10.1. The van der Waals surface area contributed by atoms with Gasteiger partial charge in [-0.2, -0.15) is 5.10 Å². The van der Waals surface area contributed by atoms with Crippen molar-refractivity contribution in [2.75, 3.05) is 6.79 Å². The second kappa shape index (κ2) is 4.34. The first kappa shape index (κ1) is 11.1. The van der Waals surface area contributed by atoms with Gasteiger partial charge in [0.05, 0.1) is 5.69 Å². The number of hydrogen-bond acceptors (Lipinski definition) is 4. The maximum atomic E-state index is 10.4. The number of nitrogens with zero attached hydrogens (tertiary/aromatic N) is 2. The molecule has 0 bridgehead atoms. The number of aliphatic hydroxyl groups excluding tert-OH is 1. The zero-order chi connectivity index (χ0) is 12.5. The summed E-state index contributed by atoms with van der Waals surface area (Å²) in [6, 6.07) is 7.28. The summed E-state index contributed by atoms with van der Waals surface area (Å²) in [5.74, 6) is 1.39. The van der Waals surface area contributed by atoms with Gasteiger partial charge in [-0.15, -0.1) is 0 Å². The standard InChI is InChI=1S/C13H14N2O3/c1-2-15-10(5-6-14-15)13(16)9-3-4-11-12(7-9)18-8-17-11/h3-7,13,16H,2,8H2,1H3. The van der Waals surface area contributed by atoms with Crippen LogP contribution in [0.25, 0.3) is 0 Å². The molecule has 1 aliphatic rings. The van der Waals surface area contributed by atoms with Gasteiger partial charge < -0.3 is 14.6 Å². The van der Waals surface area contributed by atoms with E-state index in [4.69, 9.17) is 9.47 Å². The van der Waals surface area contributed by atoms with E-state index in [9.17, 15) is 5.11 Å². The van der Waals surface area contributed by atoms with Crippen LogP contribution in [0.4, 0.5) is 0 Å². The molecule has 0 fully saturated rings. The second-order valence-corrected chi connectivity index (χ2v) is 4.09. The third-order valence-electron chi connectivity index (χ3n) is 3.04. The van der Waals surface area contributed by atoms with Crippen molar-refractivity contribution in [1.29, 1.82) is 0 Å². The Kier molecular flexibility index (Phi) is 2.68. The summed E-state index contributed by atoms with van der Waals surface area (Å²) in [6.45, 7) is 2.95. The van der Waals surface area contributed by atoms with E-state index in [0.29, 0.717) is 5.75 Å². The molecule has 18 heavy (non-hydrogen) atoms. The van der Waals surface area contributed by atoms with E-state index in [1.807, 2.05) is 25.1 Å². The molecule has 0 aliphatic carbocycles. The highest BCUT2D eigenvalue weighted by atomic mass is 16.7. The van der Waals surface area contributed by atoms with Gasteiger partial charge in [0.25, 0.3) is 0 Å². The highest BCUT2D eigenvalue weighted by molar-refractivity contribution is 5.46. The highest BCUT2D eigenvalue weighted by Gasteiger charge is 2.19. The molecule has 1 aromatic carbocycles. The minimum atomic E-state index is -0.707. The van der Waals surface area contributed by atoms with Crippen LogP contribution in [0.1, 0.15) is 24.3 Å². The summed E-state index contributed by atoms with van der Waals surface area (Å²) in [5.41, 5.74) is 1.55. The average Bonchev–Trinajstić information content (AvgIpc) is 3.05. The number of benzene rings is 1. The summed E-state index contributed by atoms with van der Waals surface area (Å²) in [7, 11) is 0. The monoisotopic (exact) mass is 246 g/mol. The zero-order valence-corrected chi connectivity index (χ0v) is 10.0. The Bertz CT molecular complexity index is 565. The van der Waals surface area contributed by atoms with Gasteiger partial charge in [-0.25, -0.2) is 0 Å². The number of ether oxygens (including phenoxy) is 2. The minimum Gasteiger partial charge on any atom is -0.454 e. The number of aromatic nitrogens is 2. The Hall–Kier alpha value is -2.01. The molecular formula is C13H14N2O3. The van der Waals surface area contributed by atoms with Gasteiger partial charge >= 0.3 is 0 Å². The van der Waals surface area contributed by atoms with Gasteiger partial charge in [0.1, 0.15) is 6.10 Å². The molecule has 0 saturated heterocycles. The summed E-state index contributed by atoms with van der Waals surface area (Å²) in [5, 5.41) is 14.5. The van der Waals surface area contributed by atoms with Crippen molar-refractivity contribution in [3.8, 4) is 11.5 Å². The third-order valence-corrected chi connectivity index (χ3v) is 3.04. The molecule has 1 unspecified atom stereocenters. The summed E-state index contributed by atoms with van der Waals surface area (Å²) < 4.78 is 12.3. The molecule has 1 aliphatic heterocycles. The normalized spacial score (nSPS) is 14.8. The van der Waals surface area contributed by atoms with E-state index in [1.54, 1.807) is 16.9 Å². The number of fused-ring (bicyclic) bond motifs is 1. The predicted molar refractivity (Wildman–Crippen MR) is 64.5 cm³/mol. The average molecular weight is 246 g/mol. The van der Waals surface area contributed by atoms with E-state index in [-0.39, 0.29) is 6.79 Å². The lowest BCUT2D eigenvalue weighted by Crippen LogP contribution is -2.08. The first-order valence-electron chi connectivity index (χ1n) is 5.89. The van der Waals surface area contributed by atoms with Crippen molar-refractivity contribution < 1.29 is 14.6 Å². The van der Waals surface area contributed by atoms with Crippen molar-refractivity contribution in [2.24, 2.45) is 0 Å². The number of rotatable bonds is 3. The molecule has 0 radical (unpaired) electrons. The Balaban J connectivity index is 1.95. The van der Waals surface area contributed by atoms with Crippen LogP contribution in [0.5, 0.6) is 11.5 Å². The molecule has 0 amide bonds. The fraction of sp³-hybridized carbons (Fsp3) is 0.308. The largest absolute Gasteiger partial charge is 0.454 e. The van der Waals surface area contributed by atoms with Crippen LogP contribution in [-0.2, 0) is 6.54 Å². The van der Waals surface area contributed by atoms with E-state index in [0.717, 1.165) is 23.6 Å². The van der Waals surface area contributed by atoms with Gasteiger partial charge in [-0.05, 0) is 30.7 Å². The van der Waals surface area contributed by atoms with Crippen LogP contribution >= 0.6 is 0 Å². The first-order valence-corrected chi connectivity index (χ1v) is 5.89. The molecule has 2 aromatic rings. The van der Waals surface area contributed by atoms with Crippen LogP contribution < -0.4 is 9.47 Å². The summed E-state index contributed by atoms with van der Waals surface area (Å²) in [4.78, 5) is 0. The van der Waals surface area contributed by atoms with Crippen molar-refractivity contribution in [3.63, 3.8) is 0 Å². The molecule has 3 rings (SSSR count). The third kappa shape index (κ3) is 1.73. The lowest BCUT2D eigenvalue weighted by Gasteiger charge is -2.13. The lowest BCUT2D eigenvalue weighted by molar-refractivity contribution is 0.173. The summed E-state index contributed by atoms with van der Waals surface area (Å²) in [6.07, 6.45) is 0.983. The van der Waals surface area contributed by atoms with E-state index in [1.165, 1.54) is 0 Å². The molecular weight excluding hydrogens is 232 g/mol. The van der Waals surface area contributed by atoms with Crippen LogP contribution in [0.15, 0.2) is 30.5 Å². The van der Waals surface area contributed by atoms with Gasteiger partial charge in [-0.3, -0.25) is 4.68 Å². The predicted octanol–water partition coefficient (Wildman–Crippen LogP) is 1.71. The van der Waals surface area contributed by atoms with Crippen LogP contribution in [-0.4, -0.2) is 21.7 Å². The Morgan fingerprint density at radius 2 is 2.17 bits per heavy atom. The molecule has 1 aromatic heterocycles. The van der Waals surface area contributed by atoms with Crippen molar-refractivity contribution in [2.45, 2.75) is 19.6 Å². The van der Waals surface area contributed by atoms with Crippen molar-refractivity contribution in [1.82, 2.24) is 9.78 Å². The van der Waals surface area contributed by atoms with Crippen molar-refractivity contribution >= 4 is 0 Å². The molecule has 1 atom stereocenters. The fourth-order valence-electron chi connectivity index (χ4n) is 2.09. The number of aliphatic hydroxyl groups is 1. The molecule has 1 N–H and O–H groups in total. The smallest absolute Gasteiger partial charge is 0.231 e. The maximum Gasteiger partial charge on any atom is 0.231 e. The molecule has 5 heteroatoms. The fourth-order valence-corrected chi connectivity index (χ4v) is 2.09. The zero-order valence-electron chi connectivity index (χ0n) is 10.0. The Morgan fingerprint density at radius 1 is 1.33 bits per heavy atom. The SMILES string of the molecule is CCn1nccc1C(O)c1ccc2c(c1)OCO2. The molecule has 2 heterocycles. The van der Waals surface area contributed by atoms with Gasteiger partial charge in [0.2, 0.25) is 6.79 Å². The van der Waals surface area contributed by atoms with Crippen LogP contribution in [0.2, 0.25) is 0 Å². The van der Waals surface area contributed by atoms with Crippen LogP contribution in [0.3, 0.4) is 0 Å². The maximum absolute atomic E-state index is 10.4. The van der Waals surface area contributed by atoms with E-state index >= 15 is 0 Å². The Labute approximate surface area is 105 Å². The van der Waals surface area contributed by atoms with E-state index < -0.39 is 6.10 Å². The quantitative estimate of drug-likeness (QED) is 0.895. The van der Waals surface area contributed by atoms with Gasteiger partial charge in [-0.1, -0.05) is 6.07 Å². The van der Waals surface area contributed by atoms with Crippen molar-refractivity contribution in [3.05, 3.63) is 41.7 Å². The molecule has 0 spiro atoms. The van der Waals surface area contributed by atoms with Crippen LogP contribution in [0, 0.1) is 0 Å². The minimum absolute atomic E-state index is 0.238.